The standard InChI is InChI=1S/C21H24N4O3S/c1-2-29-21-23-12-17(13-24-21)6-4-3-5-7-19(27)22-14-20(28)25-18-10-8-16(15-26)9-11-18/h8-13,26H,2-3,5,7,14-15H2,1H3,(H,22,27)(H,25,28). The molecule has 0 fully saturated rings. The first-order chi connectivity index (χ1) is 14.1. The van der Waals surface area contributed by atoms with Crippen molar-refractivity contribution >= 4 is 29.3 Å². The van der Waals surface area contributed by atoms with Crippen molar-refractivity contribution in [3.63, 3.8) is 0 Å². The van der Waals surface area contributed by atoms with Gasteiger partial charge in [0.2, 0.25) is 11.8 Å². The van der Waals surface area contributed by atoms with Crippen molar-refractivity contribution in [2.24, 2.45) is 0 Å². The highest BCUT2D eigenvalue weighted by molar-refractivity contribution is 7.99. The summed E-state index contributed by atoms with van der Waals surface area (Å²) in [6.45, 7) is 1.90. The number of hydrogen-bond donors (Lipinski definition) is 3. The average Bonchev–Trinajstić information content (AvgIpc) is 2.74. The number of anilines is 1. The maximum atomic E-state index is 11.9. The van der Waals surface area contributed by atoms with Crippen LogP contribution in [-0.4, -0.2) is 39.2 Å². The zero-order valence-corrected chi connectivity index (χ0v) is 17.1. The van der Waals surface area contributed by atoms with Gasteiger partial charge in [-0.1, -0.05) is 42.7 Å². The van der Waals surface area contributed by atoms with E-state index in [0.717, 1.165) is 22.0 Å². The van der Waals surface area contributed by atoms with Crippen LogP contribution in [0.2, 0.25) is 0 Å². The molecular formula is C21H24N4O3S. The summed E-state index contributed by atoms with van der Waals surface area (Å²) in [5.74, 6) is 6.40. The molecule has 2 rings (SSSR count). The van der Waals surface area contributed by atoms with Crippen molar-refractivity contribution < 1.29 is 14.7 Å². The lowest BCUT2D eigenvalue weighted by Gasteiger charge is -2.07. The summed E-state index contributed by atoms with van der Waals surface area (Å²) in [7, 11) is 0. The number of amides is 2. The second-order valence-electron chi connectivity index (χ2n) is 6.02. The van der Waals surface area contributed by atoms with E-state index in [0.29, 0.717) is 24.9 Å². The van der Waals surface area contributed by atoms with E-state index in [1.807, 2.05) is 6.92 Å². The first kappa shape index (κ1) is 22.4. The van der Waals surface area contributed by atoms with Crippen LogP contribution in [0.5, 0.6) is 0 Å². The molecule has 0 aliphatic heterocycles. The number of hydrogen-bond acceptors (Lipinski definition) is 6. The Kier molecular flexibility index (Phi) is 9.69. The number of benzene rings is 1. The van der Waals surface area contributed by atoms with E-state index in [-0.39, 0.29) is 25.0 Å². The summed E-state index contributed by atoms with van der Waals surface area (Å²) in [5.41, 5.74) is 2.13. The van der Waals surface area contributed by atoms with E-state index in [9.17, 15) is 9.59 Å². The highest BCUT2D eigenvalue weighted by Gasteiger charge is 2.06. The van der Waals surface area contributed by atoms with Gasteiger partial charge in [0.1, 0.15) is 0 Å². The van der Waals surface area contributed by atoms with E-state index >= 15 is 0 Å². The maximum absolute atomic E-state index is 11.9. The van der Waals surface area contributed by atoms with Crippen molar-refractivity contribution in [2.45, 2.75) is 37.9 Å². The number of nitrogens with one attached hydrogen (secondary N) is 2. The molecule has 2 aromatic rings. The average molecular weight is 413 g/mol. The molecule has 0 saturated carbocycles. The summed E-state index contributed by atoms with van der Waals surface area (Å²) in [4.78, 5) is 32.1. The van der Waals surface area contributed by atoms with Crippen LogP contribution in [0.3, 0.4) is 0 Å². The fourth-order valence-electron chi connectivity index (χ4n) is 2.25. The van der Waals surface area contributed by atoms with Gasteiger partial charge in [-0.15, -0.1) is 0 Å². The van der Waals surface area contributed by atoms with Crippen molar-refractivity contribution in [1.82, 2.24) is 15.3 Å². The number of nitrogens with zero attached hydrogens (tertiary/aromatic N) is 2. The molecule has 0 aliphatic carbocycles. The van der Waals surface area contributed by atoms with Crippen molar-refractivity contribution in [3.05, 3.63) is 47.8 Å². The highest BCUT2D eigenvalue weighted by Crippen LogP contribution is 2.10. The van der Waals surface area contributed by atoms with Crippen molar-refractivity contribution in [3.8, 4) is 11.8 Å². The van der Waals surface area contributed by atoms with E-state index in [4.69, 9.17) is 5.11 Å². The van der Waals surface area contributed by atoms with Crippen LogP contribution < -0.4 is 10.6 Å². The van der Waals surface area contributed by atoms with Gasteiger partial charge in [-0.05, 0) is 29.9 Å². The van der Waals surface area contributed by atoms with Crippen LogP contribution in [0.15, 0.2) is 41.8 Å². The molecule has 0 radical (unpaired) electrons. The minimum Gasteiger partial charge on any atom is -0.392 e. The van der Waals surface area contributed by atoms with Gasteiger partial charge in [-0.25, -0.2) is 9.97 Å². The molecule has 3 N–H and O–H groups in total. The number of rotatable bonds is 9. The van der Waals surface area contributed by atoms with Crippen molar-refractivity contribution in [1.29, 1.82) is 0 Å². The van der Waals surface area contributed by atoms with Crippen LogP contribution >= 0.6 is 11.8 Å². The van der Waals surface area contributed by atoms with Gasteiger partial charge in [0.25, 0.3) is 0 Å². The molecule has 0 saturated heterocycles. The van der Waals surface area contributed by atoms with Crippen LogP contribution in [0.25, 0.3) is 0 Å². The third kappa shape index (κ3) is 8.77. The molecule has 1 aromatic heterocycles. The zero-order chi connectivity index (χ0) is 20.9. The van der Waals surface area contributed by atoms with Crippen LogP contribution in [0.1, 0.15) is 37.3 Å². The summed E-state index contributed by atoms with van der Waals surface area (Å²) in [6, 6.07) is 6.84. The van der Waals surface area contributed by atoms with E-state index in [1.54, 1.807) is 48.4 Å². The van der Waals surface area contributed by atoms with Crippen LogP contribution in [0, 0.1) is 11.8 Å². The van der Waals surface area contributed by atoms with Crippen LogP contribution in [-0.2, 0) is 16.2 Å². The number of aliphatic hydroxyl groups excluding tert-OH is 1. The van der Waals surface area contributed by atoms with Gasteiger partial charge >= 0.3 is 0 Å². The molecule has 0 unspecified atom stereocenters. The molecule has 0 atom stereocenters. The molecule has 29 heavy (non-hydrogen) atoms. The monoisotopic (exact) mass is 412 g/mol. The molecule has 1 heterocycles. The largest absolute Gasteiger partial charge is 0.392 e. The Morgan fingerprint density at radius 2 is 1.86 bits per heavy atom. The van der Waals surface area contributed by atoms with Gasteiger partial charge in [0.05, 0.1) is 18.7 Å². The second-order valence-corrected chi connectivity index (χ2v) is 7.25. The SMILES string of the molecule is CCSc1ncc(C#CCCCC(=O)NCC(=O)Nc2ccc(CO)cc2)cn1. The third-order valence-corrected chi connectivity index (χ3v) is 4.46. The molecule has 2 amide bonds. The first-order valence-corrected chi connectivity index (χ1v) is 10.3. The first-order valence-electron chi connectivity index (χ1n) is 9.30. The minimum absolute atomic E-state index is 0.0488. The molecule has 0 bridgehead atoms. The Hall–Kier alpha value is -2.89. The predicted octanol–water partition coefficient (Wildman–Crippen LogP) is 2.36. The fourth-order valence-corrected chi connectivity index (χ4v) is 2.76. The fraction of sp³-hybridized carbons (Fsp3) is 0.333. The van der Waals surface area contributed by atoms with Gasteiger partial charge < -0.3 is 15.7 Å². The van der Waals surface area contributed by atoms with Gasteiger partial charge in [-0.3, -0.25) is 9.59 Å². The quantitative estimate of drug-likeness (QED) is 0.253. The lowest BCUT2D eigenvalue weighted by molar-refractivity contribution is -0.124. The molecule has 1 aromatic carbocycles. The number of aromatic nitrogens is 2. The Bertz CT molecular complexity index is 858. The molecule has 7 nitrogen and oxygen atoms in total. The van der Waals surface area contributed by atoms with E-state index in [2.05, 4.69) is 32.4 Å². The molecule has 0 spiro atoms. The minimum atomic E-state index is -0.306. The van der Waals surface area contributed by atoms with Gasteiger partial charge in [0, 0.05) is 30.9 Å². The Balaban J connectivity index is 1.62. The summed E-state index contributed by atoms with van der Waals surface area (Å²) < 4.78 is 0. The summed E-state index contributed by atoms with van der Waals surface area (Å²) in [6.07, 6.45) is 4.87. The topological polar surface area (TPSA) is 104 Å². The predicted molar refractivity (Wildman–Crippen MR) is 113 cm³/mol. The zero-order valence-electron chi connectivity index (χ0n) is 16.3. The lowest BCUT2D eigenvalue weighted by atomic mass is 10.2. The summed E-state index contributed by atoms with van der Waals surface area (Å²) >= 11 is 1.58. The Labute approximate surface area is 174 Å². The Morgan fingerprint density at radius 1 is 1.14 bits per heavy atom. The number of unbranched alkanes of at least 4 members (excludes halogenated alkanes) is 1. The van der Waals surface area contributed by atoms with Gasteiger partial charge in [-0.2, -0.15) is 0 Å². The molecule has 152 valence electrons. The number of aliphatic hydroxyl groups is 1. The Morgan fingerprint density at radius 3 is 2.52 bits per heavy atom. The van der Waals surface area contributed by atoms with Crippen LogP contribution in [0.4, 0.5) is 5.69 Å². The number of thioether (sulfide) groups is 1. The molecule has 8 heteroatoms. The number of carbonyl (C=O) groups excluding carboxylic acids is 2. The highest BCUT2D eigenvalue weighted by atomic mass is 32.2. The molecule has 0 aliphatic rings. The molecular weight excluding hydrogens is 388 g/mol. The third-order valence-electron chi connectivity index (χ3n) is 3.71. The van der Waals surface area contributed by atoms with Gasteiger partial charge in [0.15, 0.2) is 5.16 Å². The smallest absolute Gasteiger partial charge is 0.243 e. The maximum Gasteiger partial charge on any atom is 0.243 e. The van der Waals surface area contributed by atoms with E-state index < -0.39 is 0 Å². The second kappa shape index (κ2) is 12.5. The van der Waals surface area contributed by atoms with Crippen molar-refractivity contribution in [2.75, 3.05) is 17.6 Å². The lowest BCUT2D eigenvalue weighted by Crippen LogP contribution is -2.32. The summed E-state index contributed by atoms with van der Waals surface area (Å²) in [5, 5.41) is 15.0. The normalized spacial score (nSPS) is 10.0. The van der Waals surface area contributed by atoms with E-state index in [1.165, 1.54) is 0 Å². The number of carbonyl (C=O) groups is 2.